The van der Waals surface area contributed by atoms with Crippen molar-refractivity contribution in [2.45, 2.75) is 19.9 Å². The molecule has 0 unspecified atom stereocenters. The van der Waals surface area contributed by atoms with Crippen LogP contribution in [-0.4, -0.2) is 48.5 Å². The van der Waals surface area contributed by atoms with E-state index >= 15 is 0 Å². The van der Waals surface area contributed by atoms with E-state index in [2.05, 4.69) is 44.4 Å². The number of aromatic nitrogens is 1. The number of carbonyl (C=O) groups excluding carboxylic acids is 1. The first kappa shape index (κ1) is 18.7. The fourth-order valence-electron chi connectivity index (χ4n) is 3.14. The number of hydrogen-bond acceptors (Lipinski definition) is 4. The van der Waals surface area contributed by atoms with Gasteiger partial charge in [0.05, 0.1) is 5.02 Å². The zero-order valence-corrected chi connectivity index (χ0v) is 15.9. The molecule has 1 N–H and O–H groups in total. The SMILES string of the molecule is CC(=O)NCCc1ccc(CN2CCN(c3ccc(Cl)cn3)CC2)cc1. The van der Waals surface area contributed by atoms with Crippen LogP contribution in [0.1, 0.15) is 18.1 Å². The van der Waals surface area contributed by atoms with Gasteiger partial charge in [0.1, 0.15) is 5.82 Å². The van der Waals surface area contributed by atoms with Crippen LogP contribution >= 0.6 is 11.6 Å². The van der Waals surface area contributed by atoms with Crippen molar-refractivity contribution in [3.8, 4) is 0 Å². The van der Waals surface area contributed by atoms with Crippen LogP contribution in [0.3, 0.4) is 0 Å². The average molecular weight is 373 g/mol. The van der Waals surface area contributed by atoms with Crippen LogP contribution in [0, 0.1) is 0 Å². The Balaban J connectivity index is 1.45. The molecule has 1 aromatic heterocycles. The number of piperazine rings is 1. The molecule has 26 heavy (non-hydrogen) atoms. The third kappa shape index (κ3) is 5.44. The fraction of sp³-hybridized carbons (Fsp3) is 0.400. The molecule has 0 atom stereocenters. The molecule has 6 heteroatoms. The van der Waals surface area contributed by atoms with Gasteiger partial charge in [-0.1, -0.05) is 35.9 Å². The molecule has 1 aromatic carbocycles. The normalized spacial score (nSPS) is 15.1. The first-order chi connectivity index (χ1) is 12.6. The Morgan fingerprint density at radius 2 is 1.77 bits per heavy atom. The number of rotatable bonds is 6. The zero-order valence-electron chi connectivity index (χ0n) is 15.1. The minimum Gasteiger partial charge on any atom is -0.356 e. The Bertz CT molecular complexity index is 710. The predicted octanol–water partition coefficient (Wildman–Crippen LogP) is 2.74. The van der Waals surface area contributed by atoms with E-state index in [4.69, 9.17) is 11.6 Å². The molecule has 1 fully saturated rings. The van der Waals surface area contributed by atoms with E-state index in [0.717, 1.165) is 45.0 Å². The van der Waals surface area contributed by atoms with Gasteiger partial charge in [0.25, 0.3) is 0 Å². The number of nitrogens with zero attached hydrogens (tertiary/aromatic N) is 3. The van der Waals surface area contributed by atoms with E-state index in [0.29, 0.717) is 11.6 Å². The summed E-state index contributed by atoms with van der Waals surface area (Å²) in [5.74, 6) is 1.02. The van der Waals surface area contributed by atoms with E-state index in [9.17, 15) is 4.79 Å². The topological polar surface area (TPSA) is 48.5 Å². The van der Waals surface area contributed by atoms with Gasteiger partial charge in [-0.25, -0.2) is 4.98 Å². The number of carbonyl (C=O) groups is 1. The van der Waals surface area contributed by atoms with Crippen molar-refractivity contribution in [3.63, 3.8) is 0 Å². The number of amides is 1. The van der Waals surface area contributed by atoms with Gasteiger partial charge >= 0.3 is 0 Å². The van der Waals surface area contributed by atoms with Crippen LogP contribution in [0.15, 0.2) is 42.6 Å². The maximum atomic E-state index is 10.9. The van der Waals surface area contributed by atoms with Crippen LogP contribution < -0.4 is 10.2 Å². The number of pyridine rings is 1. The van der Waals surface area contributed by atoms with E-state index in [-0.39, 0.29) is 5.91 Å². The van der Waals surface area contributed by atoms with Gasteiger partial charge in [-0.3, -0.25) is 9.69 Å². The number of anilines is 1. The molecular weight excluding hydrogens is 348 g/mol. The summed E-state index contributed by atoms with van der Waals surface area (Å²) in [5.41, 5.74) is 2.58. The van der Waals surface area contributed by atoms with Crippen molar-refractivity contribution in [2.24, 2.45) is 0 Å². The summed E-state index contributed by atoms with van der Waals surface area (Å²) in [6.45, 7) is 7.20. The molecule has 0 saturated carbocycles. The lowest BCUT2D eigenvalue weighted by atomic mass is 10.1. The van der Waals surface area contributed by atoms with Gasteiger partial charge in [0.15, 0.2) is 0 Å². The molecular formula is C20H25ClN4O. The van der Waals surface area contributed by atoms with Gasteiger partial charge in [-0.15, -0.1) is 0 Å². The third-order valence-corrected chi connectivity index (χ3v) is 4.85. The summed E-state index contributed by atoms with van der Waals surface area (Å²) >= 11 is 5.91. The molecule has 0 radical (unpaired) electrons. The minimum absolute atomic E-state index is 0.0227. The highest BCUT2D eigenvalue weighted by atomic mass is 35.5. The molecule has 0 bridgehead atoms. The Hall–Kier alpha value is -2.11. The standard InChI is InChI=1S/C20H25ClN4O/c1-16(26)22-9-8-17-2-4-18(5-3-17)15-24-10-12-25(13-11-24)20-7-6-19(21)14-23-20/h2-7,14H,8-13,15H2,1H3,(H,22,26). The summed E-state index contributed by atoms with van der Waals surface area (Å²) in [4.78, 5) is 20.1. The van der Waals surface area contributed by atoms with Crippen LogP contribution in [0.2, 0.25) is 5.02 Å². The molecule has 1 saturated heterocycles. The van der Waals surface area contributed by atoms with Gasteiger partial charge in [0.2, 0.25) is 5.91 Å². The molecule has 0 aliphatic carbocycles. The van der Waals surface area contributed by atoms with Gasteiger partial charge in [0, 0.05) is 52.4 Å². The van der Waals surface area contributed by atoms with E-state index in [1.54, 1.807) is 13.1 Å². The fourth-order valence-corrected chi connectivity index (χ4v) is 3.25. The van der Waals surface area contributed by atoms with Crippen molar-refractivity contribution >= 4 is 23.3 Å². The van der Waals surface area contributed by atoms with Crippen molar-refractivity contribution in [1.82, 2.24) is 15.2 Å². The highest BCUT2D eigenvalue weighted by Gasteiger charge is 2.18. The Labute approximate surface area is 160 Å². The summed E-state index contributed by atoms with van der Waals surface area (Å²) in [5, 5.41) is 3.50. The lowest BCUT2D eigenvalue weighted by Gasteiger charge is -2.35. The smallest absolute Gasteiger partial charge is 0.216 e. The van der Waals surface area contributed by atoms with Crippen molar-refractivity contribution in [3.05, 3.63) is 58.7 Å². The predicted molar refractivity (Wildman–Crippen MR) is 106 cm³/mol. The molecule has 2 aromatic rings. The maximum Gasteiger partial charge on any atom is 0.216 e. The number of benzene rings is 1. The molecule has 1 aliphatic rings. The van der Waals surface area contributed by atoms with E-state index in [1.807, 2.05) is 12.1 Å². The second-order valence-corrected chi connectivity index (χ2v) is 7.08. The monoisotopic (exact) mass is 372 g/mol. The lowest BCUT2D eigenvalue weighted by molar-refractivity contribution is -0.118. The summed E-state index contributed by atoms with van der Waals surface area (Å²) in [6, 6.07) is 12.6. The van der Waals surface area contributed by atoms with Gasteiger partial charge in [-0.2, -0.15) is 0 Å². The Morgan fingerprint density at radius 3 is 2.38 bits per heavy atom. The first-order valence-electron chi connectivity index (χ1n) is 9.01. The van der Waals surface area contributed by atoms with Gasteiger partial charge in [-0.05, 0) is 29.7 Å². The molecule has 2 heterocycles. The number of nitrogens with one attached hydrogen (secondary N) is 1. The van der Waals surface area contributed by atoms with E-state index in [1.165, 1.54) is 11.1 Å². The summed E-state index contributed by atoms with van der Waals surface area (Å²) < 4.78 is 0. The molecule has 5 nitrogen and oxygen atoms in total. The largest absolute Gasteiger partial charge is 0.356 e. The molecule has 3 rings (SSSR count). The number of hydrogen-bond donors (Lipinski definition) is 1. The van der Waals surface area contributed by atoms with Crippen LogP contribution in [-0.2, 0) is 17.8 Å². The molecule has 1 amide bonds. The highest BCUT2D eigenvalue weighted by Crippen LogP contribution is 2.17. The summed E-state index contributed by atoms with van der Waals surface area (Å²) in [7, 11) is 0. The zero-order chi connectivity index (χ0) is 18.4. The molecule has 0 spiro atoms. The quantitative estimate of drug-likeness (QED) is 0.847. The van der Waals surface area contributed by atoms with Gasteiger partial charge < -0.3 is 10.2 Å². The average Bonchev–Trinajstić information content (AvgIpc) is 2.64. The third-order valence-electron chi connectivity index (χ3n) is 4.62. The minimum atomic E-state index is 0.0227. The van der Waals surface area contributed by atoms with Crippen molar-refractivity contribution in [1.29, 1.82) is 0 Å². The Morgan fingerprint density at radius 1 is 1.08 bits per heavy atom. The lowest BCUT2D eigenvalue weighted by Crippen LogP contribution is -2.46. The highest BCUT2D eigenvalue weighted by molar-refractivity contribution is 6.30. The molecule has 1 aliphatic heterocycles. The van der Waals surface area contributed by atoms with Crippen LogP contribution in [0.5, 0.6) is 0 Å². The maximum absolute atomic E-state index is 10.9. The summed E-state index contributed by atoms with van der Waals surface area (Å²) in [6.07, 6.45) is 2.57. The second-order valence-electron chi connectivity index (χ2n) is 6.65. The van der Waals surface area contributed by atoms with Crippen LogP contribution in [0.4, 0.5) is 5.82 Å². The molecule has 138 valence electrons. The van der Waals surface area contributed by atoms with E-state index < -0.39 is 0 Å². The second kappa shape index (κ2) is 9.01. The van der Waals surface area contributed by atoms with Crippen molar-refractivity contribution < 1.29 is 4.79 Å². The Kier molecular flexibility index (Phi) is 6.47. The van der Waals surface area contributed by atoms with Crippen molar-refractivity contribution in [2.75, 3.05) is 37.6 Å². The van der Waals surface area contributed by atoms with Crippen LogP contribution in [0.25, 0.3) is 0 Å². The number of halogens is 1. The first-order valence-corrected chi connectivity index (χ1v) is 9.39.